The predicted molar refractivity (Wildman–Crippen MR) is 134 cm³/mol. The zero-order valence-electron chi connectivity index (χ0n) is 22.4. The summed E-state index contributed by atoms with van der Waals surface area (Å²) in [6, 6.07) is 4.17. The minimum atomic E-state index is -1.81. The molecule has 0 aliphatic heterocycles. The molecule has 11 nitrogen and oxygen atoms in total. The van der Waals surface area contributed by atoms with Gasteiger partial charge in [0.1, 0.15) is 23.9 Å². The average molecular weight is 526 g/mol. The number of hydrogen-bond donors (Lipinski definition) is 2. The lowest BCUT2D eigenvalue weighted by Gasteiger charge is -2.28. The summed E-state index contributed by atoms with van der Waals surface area (Å²) in [5, 5.41) is 9.79. The van der Waals surface area contributed by atoms with Crippen molar-refractivity contribution in [1.82, 2.24) is 0 Å². The van der Waals surface area contributed by atoms with E-state index in [0.29, 0.717) is 18.4 Å². The third-order valence-electron chi connectivity index (χ3n) is 5.34. The molecule has 0 saturated carbocycles. The Bertz CT molecular complexity index is 934. The summed E-state index contributed by atoms with van der Waals surface area (Å²) in [5.41, 5.74) is 4.73. The van der Waals surface area contributed by atoms with E-state index >= 15 is 0 Å². The van der Waals surface area contributed by atoms with Crippen LogP contribution in [0.25, 0.3) is 0 Å². The van der Waals surface area contributed by atoms with Crippen molar-refractivity contribution in [3.05, 3.63) is 23.8 Å². The van der Waals surface area contributed by atoms with E-state index in [1.165, 1.54) is 32.0 Å². The molecule has 0 saturated heterocycles. The number of carboxylic acid groups (broad SMARTS) is 1. The minimum absolute atomic E-state index is 0.122. The van der Waals surface area contributed by atoms with Crippen LogP contribution < -0.4 is 15.2 Å². The first-order valence-electron chi connectivity index (χ1n) is 12.4. The van der Waals surface area contributed by atoms with Gasteiger partial charge in [-0.2, -0.15) is 0 Å². The highest BCUT2D eigenvalue weighted by molar-refractivity contribution is 5.79. The molecular weight excluding hydrogens is 486 g/mol. The highest BCUT2D eigenvalue weighted by Gasteiger charge is 2.37. The van der Waals surface area contributed by atoms with Crippen molar-refractivity contribution >= 4 is 24.2 Å². The molecule has 0 amide bonds. The zero-order valence-corrected chi connectivity index (χ0v) is 22.4. The smallest absolute Gasteiger partial charge is 0.480 e. The molecule has 1 aromatic carbocycles. The lowest BCUT2D eigenvalue weighted by molar-refractivity contribution is -0.151. The van der Waals surface area contributed by atoms with E-state index < -0.39 is 42.0 Å². The molecule has 1 aromatic rings. The summed E-state index contributed by atoms with van der Waals surface area (Å²) in [7, 11) is 0. The van der Waals surface area contributed by atoms with Gasteiger partial charge in [-0.15, -0.1) is 0 Å². The molecule has 0 radical (unpaired) electrons. The number of hydrogen-bond acceptors (Lipinski definition) is 10. The van der Waals surface area contributed by atoms with Gasteiger partial charge in [-0.05, 0) is 51.3 Å². The van der Waals surface area contributed by atoms with Crippen LogP contribution in [0.4, 0.5) is 9.59 Å². The Labute approximate surface area is 217 Å². The van der Waals surface area contributed by atoms with Gasteiger partial charge in [-0.25, -0.2) is 9.59 Å². The molecule has 0 aliphatic carbocycles. The quantitative estimate of drug-likeness (QED) is 0.196. The molecule has 1 rings (SSSR count). The molecule has 4 atom stereocenters. The summed E-state index contributed by atoms with van der Waals surface area (Å²) in [4.78, 5) is 47.9. The van der Waals surface area contributed by atoms with E-state index in [-0.39, 0.29) is 30.4 Å². The Kier molecular flexibility index (Phi) is 12.9. The van der Waals surface area contributed by atoms with Crippen molar-refractivity contribution in [2.75, 3.05) is 0 Å². The summed E-state index contributed by atoms with van der Waals surface area (Å²) in [5.74, 6) is -2.17. The molecule has 208 valence electrons. The third kappa shape index (κ3) is 11.5. The fourth-order valence-electron chi connectivity index (χ4n) is 3.75. The predicted octanol–water partition coefficient (Wildman–Crippen LogP) is 4.76. The molecule has 0 bridgehead atoms. The Balaban J connectivity index is 3.22. The van der Waals surface area contributed by atoms with Crippen LogP contribution in [0.2, 0.25) is 0 Å². The normalized spacial score (nSPS) is 14.9. The second-order valence-electron chi connectivity index (χ2n) is 9.18. The minimum Gasteiger partial charge on any atom is -0.480 e. The van der Waals surface area contributed by atoms with Crippen molar-refractivity contribution < 1.29 is 48.0 Å². The van der Waals surface area contributed by atoms with E-state index in [2.05, 4.69) is 0 Å². The van der Waals surface area contributed by atoms with Crippen molar-refractivity contribution in [2.45, 2.75) is 104 Å². The molecule has 0 heterocycles. The summed E-state index contributed by atoms with van der Waals surface area (Å²) in [6.45, 7) is 10.1. The number of ether oxygens (including phenoxy) is 5. The molecule has 3 N–H and O–H groups in total. The fraction of sp³-hybridized carbons (Fsp3) is 0.615. The largest absolute Gasteiger partial charge is 0.514 e. The highest BCUT2D eigenvalue weighted by Crippen LogP contribution is 2.32. The second kappa shape index (κ2) is 15.0. The van der Waals surface area contributed by atoms with Crippen LogP contribution in [0.15, 0.2) is 18.2 Å². The lowest BCUT2D eigenvalue weighted by atomic mass is 9.86. The van der Waals surface area contributed by atoms with Gasteiger partial charge < -0.3 is 34.5 Å². The van der Waals surface area contributed by atoms with Crippen LogP contribution in [0.5, 0.6) is 11.5 Å². The van der Waals surface area contributed by atoms with Crippen molar-refractivity contribution in [1.29, 1.82) is 0 Å². The third-order valence-corrected chi connectivity index (χ3v) is 5.34. The first-order chi connectivity index (χ1) is 17.3. The van der Waals surface area contributed by atoms with Crippen molar-refractivity contribution in [2.24, 2.45) is 5.73 Å². The van der Waals surface area contributed by atoms with Crippen LogP contribution in [-0.4, -0.2) is 53.2 Å². The maximum Gasteiger partial charge on any atom is 0.514 e. The number of carbonyl (C=O) groups excluding carboxylic acids is 3. The summed E-state index contributed by atoms with van der Waals surface area (Å²) in [6.07, 6.45) is -1.07. The monoisotopic (exact) mass is 525 g/mol. The Morgan fingerprint density at radius 1 is 0.865 bits per heavy atom. The van der Waals surface area contributed by atoms with Crippen LogP contribution in [-0.2, 0) is 30.2 Å². The van der Waals surface area contributed by atoms with Gasteiger partial charge in [0.25, 0.3) is 0 Å². The van der Waals surface area contributed by atoms with Crippen LogP contribution in [0, 0.1) is 0 Å². The number of nitrogens with two attached hydrogens (primary N) is 1. The zero-order chi connectivity index (χ0) is 28.2. The van der Waals surface area contributed by atoms with Gasteiger partial charge >= 0.3 is 24.2 Å². The number of carboxylic acids is 1. The summed E-state index contributed by atoms with van der Waals surface area (Å²) < 4.78 is 26.0. The van der Waals surface area contributed by atoms with Crippen molar-refractivity contribution in [3.63, 3.8) is 0 Å². The van der Waals surface area contributed by atoms with Gasteiger partial charge in [-0.1, -0.05) is 32.8 Å². The highest BCUT2D eigenvalue weighted by atomic mass is 16.7. The van der Waals surface area contributed by atoms with E-state index in [4.69, 9.17) is 29.4 Å². The number of benzene rings is 1. The first kappa shape index (κ1) is 31.7. The number of carbonyl (C=O) groups is 4. The van der Waals surface area contributed by atoms with Crippen LogP contribution >= 0.6 is 0 Å². The Morgan fingerprint density at radius 3 is 1.84 bits per heavy atom. The molecule has 0 spiro atoms. The topological polar surface area (TPSA) is 161 Å². The molecule has 0 aromatic heterocycles. The van der Waals surface area contributed by atoms with Crippen molar-refractivity contribution in [3.8, 4) is 11.5 Å². The standard InChI is InChI=1S/C26H39NO10/c1-7-9-16(3)34-24(31)36-21-12-11-20(13-22(21)37-25(32)35-17(4)10-8-2)15-26(27,23(29)30)14-18(5)33-19(6)28/h11-13,16-18H,7-10,14-15,27H2,1-6H3,(H,29,30)/t16?,17?,18-,26?/m0/s1. The van der Waals surface area contributed by atoms with Gasteiger partial charge in [0.05, 0.1) is 0 Å². The number of rotatable bonds is 14. The first-order valence-corrected chi connectivity index (χ1v) is 12.4. The Hall–Kier alpha value is -3.34. The van der Waals surface area contributed by atoms with E-state index in [0.717, 1.165) is 12.8 Å². The van der Waals surface area contributed by atoms with Crippen LogP contribution in [0.3, 0.4) is 0 Å². The van der Waals surface area contributed by atoms with E-state index in [9.17, 15) is 24.3 Å². The molecular formula is C26H39NO10. The van der Waals surface area contributed by atoms with Gasteiger partial charge in [-0.3, -0.25) is 9.59 Å². The summed E-state index contributed by atoms with van der Waals surface area (Å²) >= 11 is 0. The van der Waals surface area contributed by atoms with Gasteiger partial charge in [0.15, 0.2) is 11.5 Å². The molecule has 0 aliphatic rings. The van der Waals surface area contributed by atoms with E-state index in [1.807, 2.05) is 13.8 Å². The van der Waals surface area contributed by atoms with Gasteiger partial charge in [0.2, 0.25) is 0 Å². The molecule has 3 unspecified atom stereocenters. The maximum atomic E-state index is 12.4. The molecule has 0 fully saturated rings. The molecule has 11 heteroatoms. The van der Waals surface area contributed by atoms with Crippen LogP contribution in [0.1, 0.15) is 79.2 Å². The SMILES string of the molecule is CCCC(C)OC(=O)Oc1ccc(CC(N)(C[C@H](C)OC(C)=O)C(=O)O)cc1OC(=O)OC(C)CCC. The second-order valence-corrected chi connectivity index (χ2v) is 9.18. The molecule has 37 heavy (non-hydrogen) atoms. The average Bonchev–Trinajstić information content (AvgIpc) is 2.74. The van der Waals surface area contributed by atoms with Gasteiger partial charge in [0, 0.05) is 19.8 Å². The lowest BCUT2D eigenvalue weighted by Crippen LogP contribution is -2.52. The van der Waals surface area contributed by atoms with E-state index in [1.54, 1.807) is 13.8 Å². The number of aliphatic carboxylic acids is 1. The fourth-order valence-corrected chi connectivity index (χ4v) is 3.75. The Morgan fingerprint density at radius 2 is 1.38 bits per heavy atom. The number of esters is 1. The maximum absolute atomic E-state index is 12.4.